The second-order valence-corrected chi connectivity index (χ2v) is 6.12. The lowest BCUT2D eigenvalue weighted by Gasteiger charge is -2.26. The Hall–Kier alpha value is -0.800. The van der Waals surface area contributed by atoms with Crippen LogP contribution in [0.5, 0.6) is 0 Å². The molecule has 1 aromatic rings. The van der Waals surface area contributed by atoms with Crippen LogP contribution in [0.25, 0.3) is 0 Å². The molecule has 0 spiro atoms. The Morgan fingerprint density at radius 2 is 2.11 bits per heavy atom. The number of allylic oxidation sites excluding steroid dienone is 2. The zero-order valence-corrected chi connectivity index (χ0v) is 13.1. The predicted octanol–water partition coefficient (Wildman–Crippen LogP) is 4.63. The number of hydrogen-bond acceptors (Lipinski definition) is 2. The minimum atomic E-state index is -0.271. The molecular formula is C15H16BrClO2. The van der Waals surface area contributed by atoms with Crippen LogP contribution >= 0.6 is 27.5 Å². The van der Waals surface area contributed by atoms with E-state index in [1.54, 1.807) is 0 Å². The number of methoxy groups -OCH3 is 1. The molecule has 0 aromatic heterocycles. The molecule has 0 amide bonds. The Balaban J connectivity index is 2.33. The normalized spacial score (nSPS) is 20.6. The van der Waals surface area contributed by atoms with E-state index < -0.39 is 0 Å². The van der Waals surface area contributed by atoms with Crippen molar-refractivity contribution < 1.29 is 9.53 Å². The van der Waals surface area contributed by atoms with Gasteiger partial charge in [0.15, 0.2) is 0 Å². The highest BCUT2D eigenvalue weighted by atomic mass is 79.9. The van der Waals surface area contributed by atoms with E-state index in [-0.39, 0.29) is 17.8 Å². The quantitative estimate of drug-likeness (QED) is 0.748. The molecule has 0 N–H and O–H groups in total. The van der Waals surface area contributed by atoms with E-state index in [4.69, 9.17) is 16.3 Å². The van der Waals surface area contributed by atoms with Crippen molar-refractivity contribution in [2.75, 3.05) is 7.11 Å². The average molecular weight is 344 g/mol. The van der Waals surface area contributed by atoms with Gasteiger partial charge in [-0.2, -0.15) is 0 Å². The lowest BCUT2D eigenvalue weighted by Crippen LogP contribution is -2.23. The molecule has 2 rings (SSSR count). The first-order chi connectivity index (χ1) is 9.11. The van der Waals surface area contributed by atoms with Gasteiger partial charge >= 0.3 is 5.97 Å². The third-order valence-corrected chi connectivity index (χ3v) is 4.30. The molecule has 0 unspecified atom stereocenters. The zero-order valence-electron chi connectivity index (χ0n) is 10.7. The average Bonchev–Trinajstić information content (AvgIpc) is 2.41. The summed E-state index contributed by atoms with van der Waals surface area (Å²) in [5.41, 5.74) is 0.975. The topological polar surface area (TPSA) is 26.3 Å². The highest BCUT2D eigenvalue weighted by Crippen LogP contribution is 2.36. The van der Waals surface area contributed by atoms with Crippen LogP contribution in [-0.2, 0) is 9.53 Å². The van der Waals surface area contributed by atoms with Crippen molar-refractivity contribution in [3.63, 3.8) is 0 Å². The van der Waals surface area contributed by atoms with Crippen molar-refractivity contribution in [3.05, 3.63) is 45.4 Å². The first kappa shape index (κ1) is 14.6. The molecule has 0 fully saturated rings. The molecule has 0 bridgehead atoms. The fraction of sp³-hybridized carbons (Fsp3) is 0.400. The molecule has 0 aliphatic heterocycles. The van der Waals surface area contributed by atoms with Crippen LogP contribution in [0.3, 0.4) is 0 Å². The predicted molar refractivity (Wildman–Crippen MR) is 80.2 cm³/mol. The summed E-state index contributed by atoms with van der Waals surface area (Å²) in [6.07, 6.45) is 4.90. The summed E-state index contributed by atoms with van der Waals surface area (Å²) in [6.45, 7) is 0. The lowest BCUT2D eigenvalue weighted by molar-refractivity contribution is -0.143. The first-order valence-corrected chi connectivity index (χ1v) is 7.48. The van der Waals surface area contributed by atoms with Crippen molar-refractivity contribution >= 4 is 33.5 Å². The van der Waals surface area contributed by atoms with Crippen LogP contribution in [0.4, 0.5) is 0 Å². The molecule has 1 aliphatic rings. The molecule has 1 aromatic carbocycles. The van der Waals surface area contributed by atoms with E-state index in [1.807, 2.05) is 30.3 Å². The van der Waals surface area contributed by atoms with Crippen molar-refractivity contribution in [2.45, 2.75) is 25.2 Å². The second kappa shape index (κ2) is 6.58. The number of ether oxygens (including phenoxy) is 1. The summed E-state index contributed by atoms with van der Waals surface area (Å²) in [5.74, 6) is -0.350. The summed E-state index contributed by atoms with van der Waals surface area (Å²) in [4.78, 5) is 12.1. The van der Waals surface area contributed by atoms with Gasteiger partial charge in [0.05, 0.1) is 13.0 Å². The molecule has 0 saturated heterocycles. The number of carbonyl (C=O) groups excluding carboxylic acids is 1. The Labute approximate surface area is 126 Å². The summed E-state index contributed by atoms with van der Waals surface area (Å²) < 4.78 is 5.96. The fourth-order valence-corrected chi connectivity index (χ4v) is 3.08. The number of rotatable bonds is 3. The number of hydrogen-bond donors (Lipinski definition) is 0. The maximum absolute atomic E-state index is 12.1. The Bertz CT molecular complexity index is 481. The van der Waals surface area contributed by atoms with Gasteiger partial charge in [0.25, 0.3) is 0 Å². The summed E-state index contributed by atoms with van der Waals surface area (Å²) in [5, 5.41) is 0.849. The van der Waals surface area contributed by atoms with E-state index in [0.717, 1.165) is 34.3 Å². The number of halogens is 2. The highest BCUT2D eigenvalue weighted by molar-refractivity contribution is 9.10. The van der Waals surface area contributed by atoms with Gasteiger partial charge in [0.1, 0.15) is 0 Å². The molecule has 19 heavy (non-hydrogen) atoms. The van der Waals surface area contributed by atoms with E-state index in [2.05, 4.69) is 15.9 Å². The van der Waals surface area contributed by atoms with E-state index in [1.165, 1.54) is 7.11 Å². The van der Waals surface area contributed by atoms with Gasteiger partial charge in [-0.1, -0.05) is 45.7 Å². The van der Waals surface area contributed by atoms with Gasteiger partial charge in [0, 0.05) is 9.51 Å². The molecule has 0 radical (unpaired) electrons. The van der Waals surface area contributed by atoms with Crippen LogP contribution in [0, 0.1) is 5.92 Å². The van der Waals surface area contributed by atoms with E-state index >= 15 is 0 Å². The summed E-state index contributed by atoms with van der Waals surface area (Å²) >= 11 is 9.52. The first-order valence-electron chi connectivity index (χ1n) is 6.31. The maximum atomic E-state index is 12.1. The second-order valence-electron chi connectivity index (χ2n) is 4.72. The largest absolute Gasteiger partial charge is 0.469 e. The molecule has 0 heterocycles. The van der Waals surface area contributed by atoms with Crippen molar-refractivity contribution in [1.82, 2.24) is 0 Å². The molecule has 0 saturated carbocycles. The minimum Gasteiger partial charge on any atom is -0.469 e. The molecule has 4 heteroatoms. The minimum absolute atomic E-state index is 0.120. The summed E-state index contributed by atoms with van der Waals surface area (Å²) in [7, 11) is 1.43. The Morgan fingerprint density at radius 1 is 1.42 bits per heavy atom. The zero-order chi connectivity index (χ0) is 13.8. The van der Waals surface area contributed by atoms with Gasteiger partial charge in [-0.15, -0.1) is 0 Å². The maximum Gasteiger partial charge on any atom is 0.313 e. The molecular weight excluding hydrogens is 328 g/mol. The van der Waals surface area contributed by atoms with Crippen LogP contribution in [0.1, 0.15) is 30.7 Å². The monoisotopic (exact) mass is 342 g/mol. The highest BCUT2D eigenvalue weighted by Gasteiger charge is 2.31. The van der Waals surface area contributed by atoms with Crippen molar-refractivity contribution in [1.29, 1.82) is 0 Å². The third-order valence-electron chi connectivity index (χ3n) is 3.46. The van der Waals surface area contributed by atoms with Crippen LogP contribution in [0.2, 0.25) is 0 Å². The number of esters is 1. The van der Waals surface area contributed by atoms with Gasteiger partial charge in [0.2, 0.25) is 0 Å². The Morgan fingerprint density at radius 3 is 2.68 bits per heavy atom. The van der Waals surface area contributed by atoms with E-state index in [9.17, 15) is 4.79 Å². The van der Waals surface area contributed by atoms with Crippen LogP contribution < -0.4 is 0 Å². The molecule has 2 atom stereocenters. The Kier molecular flexibility index (Phi) is 5.06. The van der Waals surface area contributed by atoms with Crippen molar-refractivity contribution in [2.24, 2.45) is 5.92 Å². The lowest BCUT2D eigenvalue weighted by atomic mass is 9.80. The van der Waals surface area contributed by atoms with Gasteiger partial charge < -0.3 is 4.74 Å². The van der Waals surface area contributed by atoms with Crippen molar-refractivity contribution in [3.8, 4) is 0 Å². The van der Waals surface area contributed by atoms with Gasteiger partial charge in [-0.25, -0.2) is 0 Å². The summed E-state index contributed by atoms with van der Waals surface area (Å²) in [6, 6.07) is 7.81. The number of benzene rings is 1. The SMILES string of the molecule is COC(=O)[C@@H](c1ccc(Br)cc1)[C@@H]1C=C(Cl)CCC1. The molecule has 102 valence electrons. The standard InChI is InChI=1S/C15H16BrClO2/c1-19-15(18)14(10-5-7-12(16)8-6-10)11-3-2-4-13(17)9-11/h5-9,11,14H,2-4H2,1H3/t11-,14-/m0/s1. The fourth-order valence-electron chi connectivity index (χ4n) is 2.52. The smallest absolute Gasteiger partial charge is 0.313 e. The van der Waals surface area contributed by atoms with Gasteiger partial charge in [-0.3, -0.25) is 4.79 Å². The van der Waals surface area contributed by atoms with Gasteiger partial charge in [-0.05, 0) is 42.9 Å². The van der Waals surface area contributed by atoms with Crippen LogP contribution in [-0.4, -0.2) is 13.1 Å². The third kappa shape index (κ3) is 3.61. The molecule has 2 nitrogen and oxygen atoms in total. The van der Waals surface area contributed by atoms with E-state index in [0.29, 0.717) is 0 Å². The van der Waals surface area contributed by atoms with Crippen LogP contribution in [0.15, 0.2) is 39.8 Å². The molecule has 1 aliphatic carbocycles. The number of carbonyl (C=O) groups is 1.